The standard InChI is InChI=1S/C13H20BrNO/c1-3-6-10(2)13(9-16)15-12-8-5-4-7-11(12)14/h4-5,7-8,10,13,15-16H,3,6,9H2,1-2H3. The van der Waals surface area contributed by atoms with E-state index in [1.807, 2.05) is 24.3 Å². The third kappa shape index (κ3) is 3.80. The van der Waals surface area contributed by atoms with Gasteiger partial charge in [-0.1, -0.05) is 32.4 Å². The van der Waals surface area contributed by atoms with Crippen LogP contribution in [0.3, 0.4) is 0 Å². The summed E-state index contributed by atoms with van der Waals surface area (Å²) in [4.78, 5) is 0. The highest BCUT2D eigenvalue weighted by molar-refractivity contribution is 9.10. The van der Waals surface area contributed by atoms with Crippen molar-refractivity contribution < 1.29 is 5.11 Å². The Morgan fingerprint density at radius 2 is 2.06 bits per heavy atom. The normalized spacial score (nSPS) is 14.5. The van der Waals surface area contributed by atoms with Crippen LogP contribution in [0.5, 0.6) is 0 Å². The van der Waals surface area contributed by atoms with Gasteiger partial charge in [0, 0.05) is 10.2 Å². The maximum Gasteiger partial charge on any atom is 0.0635 e. The molecule has 90 valence electrons. The lowest BCUT2D eigenvalue weighted by molar-refractivity contribution is 0.238. The average Bonchev–Trinajstić information content (AvgIpc) is 2.28. The molecule has 0 spiro atoms. The summed E-state index contributed by atoms with van der Waals surface area (Å²) in [6, 6.07) is 8.12. The number of hydrogen-bond donors (Lipinski definition) is 2. The fourth-order valence-corrected chi connectivity index (χ4v) is 2.20. The van der Waals surface area contributed by atoms with E-state index >= 15 is 0 Å². The van der Waals surface area contributed by atoms with E-state index in [9.17, 15) is 5.11 Å². The van der Waals surface area contributed by atoms with Crippen molar-refractivity contribution >= 4 is 21.6 Å². The number of halogens is 1. The van der Waals surface area contributed by atoms with Crippen LogP contribution in [0.15, 0.2) is 28.7 Å². The molecular weight excluding hydrogens is 266 g/mol. The summed E-state index contributed by atoms with van der Waals surface area (Å²) in [6.45, 7) is 4.51. The predicted octanol–water partition coefficient (Wildman–Crippen LogP) is 3.66. The molecule has 16 heavy (non-hydrogen) atoms. The van der Waals surface area contributed by atoms with Gasteiger partial charge in [-0.2, -0.15) is 0 Å². The highest BCUT2D eigenvalue weighted by Gasteiger charge is 2.16. The summed E-state index contributed by atoms with van der Waals surface area (Å²) < 4.78 is 1.04. The van der Waals surface area contributed by atoms with Gasteiger partial charge >= 0.3 is 0 Å². The lowest BCUT2D eigenvalue weighted by Crippen LogP contribution is -2.31. The lowest BCUT2D eigenvalue weighted by Gasteiger charge is -2.24. The minimum Gasteiger partial charge on any atom is -0.394 e. The number of aliphatic hydroxyl groups excluding tert-OH is 1. The number of anilines is 1. The zero-order valence-corrected chi connectivity index (χ0v) is 11.5. The molecule has 2 atom stereocenters. The van der Waals surface area contributed by atoms with Crippen molar-refractivity contribution in [2.24, 2.45) is 5.92 Å². The first-order valence-electron chi connectivity index (χ1n) is 5.81. The van der Waals surface area contributed by atoms with Crippen molar-refractivity contribution in [2.45, 2.75) is 32.7 Å². The molecule has 1 aromatic carbocycles. The van der Waals surface area contributed by atoms with Gasteiger partial charge in [0.15, 0.2) is 0 Å². The number of rotatable bonds is 6. The molecule has 0 fully saturated rings. The quantitative estimate of drug-likeness (QED) is 0.836. The summed E-state index contributed by atoms with van der Waals surface area (Å²) in [7, 11) is 0. The summed E-state index contributed by atoms with van der Waals surface area (Å²) in [6.07, 6.45) is 2.28. The van der Waals surface area contributed by atoms with Gasteiger partial charge in [0.25, 0.3) is 0 Å². The number of nitrogens with one attached hydrogen (secondary N) is 1. The smallest absolute Gasteiger partial charge is 0.0635 e. The molecule has 2 nitrogen and oxygen atoms in total. The Balaban J connectivity index is 2.66. The summed E-state index contributed by atoms with van der Waals surface area (Å²) in [5.74, 6) is 0.474. The maximum absolute atomic E-state index is 9.40. The van der Waals surface area contributed by atoms with Crippen LogP contribution in [-0.4, -0.2) is 17.8 Å². The predicted molar refractivity (Wildman–Crippen MR) is 72.7 cm³/mol. The molecule has 2 unspecified atom stereocenters. The highest BCUT2D eigenvalue weighted by atomic mass is 79.9. The van der Waals surface area contributed by atoms with Crippen molar-refractivity contribution in [2.75, 3.05) is 11.9 Å². The van der Waals surface area contributed by atoms with E-state index < -0.39 is 0 Å². The van der Waals surface area contributed by atoms with Crippen LogP contribution < -0.4 is 5.32 Å². The Morgan fingerprint density at radius 3 is 2.62 bits per heavy atom. The fraction of sp³-hybridized carbons (Fsp3) is 0.538. The zero-order chi connectivity index (χ0) is 12.0. The largest absolute Gasteiger partial charge is 0.394 e. The van der Waals surface area contributed by atoms with E-state index in [4.69, 9.17) is 0 Å². The molecule has 0 radical (unpaired) electrons. The van der Waals surface area contributed by atoms with E-state index in [-0.39, 0.29) is 12.6 Å². The Morgan fingerprint density at radius 1 is 1.38 bits per heavy atom. The molecule has 0 aromatic heterocycles. The van der Waals surface area contributed by atoms with Crippen LogP contribution >= 0.6 is 15.9 Å². The molecule has 0 amide bonds. The van der Waals surface area contributed by atoms with E-state index in [0.717, 1.165) is 23.0 Å². The van der Waals surface area contributed by atoms with Gasteiger partial charge in [-0.25, -0.2) is 0 Å². The van der Waals surface area contributed by atoms with E-state index in [0.29, 0.717) is 5.92 Å². The number of aliphatic hydroxyl groups is 1. The van der Waals surface area contributed by atoms with Crippen molar-refractivity contribution in [1.29, 1.82) is 0 Å². The zero-order valence-electron chi connectivity index (χ0n) is 9.91. The highest BCUT2D eigenvalue weighted by Crippen LogP contribution is 2.24. The van der Waals surface area contributed by atoms with Crippen LogP contribution in [0.2, 0.25) is 0 Å². The lowest BCUT2D eigenvalue weighted by atomic mass is 9.97. The second-order valence-electron chi connectivity index (χ2n) is 4.18. The van der Waals surface area contributed by atoms with Gasteiger partial charge in [-0.15, -0.1) is 0 Å². The first kappa shape index (κ1) is 13.5. The van der Waals surface area contributed by atoms with Crippen LogP contribution in [0.1, 0.15) is 26.7 Å². The number of hydrogen-bond acceptors (Lipinski definition) is 2. The van der Waals surface area contributed by atoms with Gasteiger partial charge in [-0.3, -0.25) is 0 Å². The van der Waals surface area contributed by atoms with Crippen LogP contribution in [0.25, 0.3) is 0 Å². The second-order valence-corrected chi connectivity index (χ2v) is 5.03. The van der Waals surface area contributed by atoms with Gasteiger partial charge in [0.1, 0.15) is 0 Å². The van der Waals surface area contributed by atoms with E-state index in [2.05, 4.69) is 35.1 Å². The monoisotopic (exact) mass is 285 g/mol. The third-order valence-corrected chi connectivity index (χ3v) is 3.53. The summed E-state index contributed by atoms with van der Waals surface area (Å²) in [5.41, 5.74) is 1.05. The van der Waals surface area contributed by atoms with Crippen LogP contribution in [-0.2, 0) is 0 Å². The van der Waals surface area contributed by atoms with Crippen molar-refractivity contribution in [3.8, 4) is 0 Å². The van der Waals surface area contributed by atoms with Crippen molar-refractivity contribution in [3.05, 3.63) is 28.7 Å². The number of benzene rings is 1. The van der Waals surface area contributed by atoms with Crippen LogP contribution in [0.4, 0.5) is 5.69 Å². The molecule has 0 bridgehead atoms. The van der Waals surface area contributed by atoms with E-state index in [1.54, 1.807) is 0 Å². The first-order valence-corrected chi connectivity index (χ1v) is 6.60. The molecule has 1 aromatic rings. The molecular formula is C13H20BrNO. The van der Waals surface area contributed by atoms with Gasteiger partial charge < -0.3 is 10.4 Å². The third-order valence-electron chi connectivity index (χ3n) is 2.84. The van der Waals surface area contributed by atoms with Gasteiger partial charge in [-0.05, 0) is 40.4 Å². The van der Waals surface area contributed by atoms with Crippen molar-refractivity contribution in [3.63, 3.8) is 0 Å². The molecule has 2 N–H and O–H groups in total. The molecule has 3 heteroatoms. The first-order chi connectivity index (χ1) is 7.69. The average molecular weight is 286 g/mol. The van der Waals surface area contributed by atoms with Gasteiger partial charge in [0.2, 0.25) is 0 Å². The number of para-hydroxylation sites is 1. The van der Waals surface area contributed by atoms with Gasteiger partial charge in [0.05, 0.1) is 12.6 Å². The molecule has 1 rings (SSSR count). The molecule has 0 saturated heterocycles. The molecule has 0 aliphatic heterocycles. The SMILES string of the molecule is CCCC(C)C(CO)Nc1ccccc1Br. The molecule has 0 saturated carbocycles. The fourth-order valence-electron chi connectivity index (χ4n) is 1.80. The molecule has 0 heterocycles. The molecule has 0 aliphatic carbocycles. The Bertz CT molecular complexity index is 317. The summed E-state index contributed by atoms with van der Waals surface area (Å²) >= 11 is 3.50. The molecule has 0 aliphatic rings. The second kappa shape index (κ2) is 6.92. The Kier molecular flexibility index (Phi) is 5.85. The van der Waals surface area contributed by atoms with E-state index in [1.165, 1.54) is 0 Å². The van der Waals surface area contributed by atoms with Crippen LogP contribution in [0, 0.1) is 5.92 Å². The van der Waals surface area contributed by atoms with Crippen molar-refractivity contribution in [1.82, 2.24) is 0 Å². The Hall–Kier alpha value is -0.540. The topological polar surface area (TPSA) is 32.3 Å². The Labute approximate surface area is 106 Å². The maximum atomic E-state index is 9.40. The summed E-state index contributed by atoms with van der Waals surface area (Å²) in [5, 5.41) is 12.8. The minimum atomic E-state index is 0.124. The minimum absolute atomic E-state index is 0.124.